The van der Waals surface area contributed by atoms with Gasteiger partial charge in [-0.1, -0.05) is 43.2 Å². The highest BCUT2D eigenvalue weighted by atomic mass is 15.3. The van der Waals surface area contributed by atoms with E-state index in [1.54, 1.807) is 5.56 Å². The number of aromatic nitrogens is 2. The minimum Gasteiger partial charge on any atom is -0.298 e. The van der Waals surface area contributed by atoms with Crippen molar-refractivity contribution >= 4 is 0 Å². The fourth-order valence-electron chi connectivity index (χ4n) is 5.42. The van der Waals surface area contributed by atoms with Gasteiger partial charge >= 0.3 is 0 Å². The van der Waals surface area contributed by atoms with Crippen LogP contribution in [0.1, 0.15) is 61.0 Å². The monoisotopic (exact) mass is 337 g/mol. The van der Waals surface area contributed by atoms with E-state index in [1.807, 2.05) is 0 Å². The molecule has 1 aromatic carbocycles. The zero-order valence-corrected chi connectivity index (χ0v) is 16.0. The third-order valence-electron chi connectivity index (χ3n) is 6.73. The van der Waals surface area contributed by atoms with E-state index >= 15 is 0 Å². The Kier molecular flexibility index (Phi) is 4.45. The van der Waals surface area contributed by atoms with E-state index in [4.69, 9.17) is 5.10 Å². The van der Waals surface area contributed by atoms with Gasteiger partial charge in [-0.15, -0.1) is 0 Å². The summed E-state index contributed by atoms with van der Waals surface area (Å²) in [7, 11) is 0. The molecular formula is C22H31N3. The Labute approximate surface area is 152 Å². The van der Waals surface area contributed by atoms with Crippen molar-refractivity contribution in [1.29, 1.82) is 0 Å². The molecule has 1 spiro atoms. The van der Waals surface area contributed by atoms with Crippen molar-refractivity contribution in [3.63, 3.8) is 0 Å². The largest absolute Gasteiger partial charge is 0.298 e. The van der Waals surface area contributed by atoms with Crippen LogP contribution in [-0.4, -0.2) is 27.8 Å². The SMILES string of the molecule is CCn1nc(C)c(CN2CC(c3ccccc3)C3(CCCC3)C2)c1C. The van der Waals surface area contributed by atoms with Gasteiger partial charge in [0.05, 0.1) is 5.69 Å². The fraction of sp³-hybridized carbons (Fsp3) is 0.591. The van der Waals surface area contributed by atoms with Crippen molar-refractivity contribution < 1.29 is 0 Å². The van der Waals surface area contributed by atoms with E-state index in [0.29, 0.717) is 11.3 Å². The molecule has 2 aromatic rings. The second-order valence-electron chi connectivity index (χ2n) is 8.17. The lowest BCUT2D eigenvalue weighted by Crippen LogP contribution is -2.26. The lowest BCUT2D eigenvalue weighted by atomic mass is 9.73. The Hall–Kier alpha value is -1.61. The standard InChI is InChI=1S/C22H31N3/c1-4-25-18(3)20(17(2)23-25)14-24-15-21(19-10-6-5-7-11-19)22(16-24)12-8-9-13-22/h5-7,10-11,21H,4,8-9,12-16H2,1-3H3. The number of hydrogen-bond acceptors (Lipinski definition) is 2. The maximum absolute atomic E-state index is 4.73. The lowest BCUT2D eigenvalue weighted by molar-refractivity contribution is 0.246. The van der Waals surface area contributed by atoms with Crippen LogP contribution in [0.4, 0.5) is 0 Å². The van der Waals surface area contributed by atoms with Crippen molar-refractivity contribution in [3.05, 3.63) is 52.8 Å². The van der Waals surface area contributed by atoms with Gasteiger partial charge in [-0.25, -0.2) is 0 Å². The first kappa shape index (κ1) is 16.8. The Morgan fingerprint density at radius 3 is 2.48 bits per heavy atom. The molecule has 134 valence electrons. The molecule has 0 amide bonds. The number of nitrogens with zero attached hydrogens (tertiary/aromatic N) is 3. The van der Waals surface area contributed by atoms with Crippen LogP contribution in [0, 0.1) is 19.3 Å². The molecular weight excluding hydrogens is 306 g/mol. The summed E-state index contributed by atoms with van der Waals surface area (Å²) in [6.45, 7) is 11.0. The minimum absolute atomic E-state index is 0.504. The van der Waals surface area contributed by atoms with Crippen molar-refractivity contribution in [2.75, 3.05) is 13.1 Å². The first-order valence-electron chi connectivity index (χ1n) is 9.93. The van der Waals surface area contributed by atoms with Crippen LogP contribution in [0.15, 0.2) is 30.3 Å². The molecule has 0 radical (unpaired) electrons. The molecule has 1 unspecified atom stereocenters. The topological polar surface area (TPSA) is 21.1 Å². The smallest absolute Gasteiger partial charge is 0.0641 e. The molecule has 1 saturated carbocycles. The molecule has 3 heteroatoms. The molecule has 2 aliphatic rings. The van der Waals surface area contributed by atoms with Gasteiger partial charge in [-0.2, -0.15) is 5.10 Å². The molecule has 1 atom stereocenters. The van der Waals surface area contributed by atoms with Gasteiger partial charge < -0.3 is 0 Å². The van der Waals surface area contributed by atoms with Crippen LogP contribution >= 0.6 is 0 Å². The van der Waals surface area contributed by atoms with E-state index in [9.17, 15) is 0 Å². The van der Waals surface area contributed by atoms with Crippen LogP contribution in [0.3, 0.4) is 0 Å². The van der Waals surface area contributed by atoms with Crippen molar-refractivity contribution in [3.8, 4) is 0 Å². The van der Waals surface area contributed by atoms with Gasteiger partial charge in [0.2, 0.25) is 0 Å². The van der Waals surface area contributed by atoms with E-state index in [2.05, 4.69) is 60.7 Å². The summed E-state index contributed by atoms with van der Waals surface area (Å²) in [6.07, 6.45) is 5.61. The van der Waals surface area contributed by atoms with Crippen LogP contribution in [0.2, 0.25) is 0 Å². The van der Waals surface area contributed by atoms with Gasteiger partial charge in [0.15, 0.2) is 0 Å². The summed E-state index contributed by atoms with van der Waals surface area (Å²) in [5.74, 6) is 0.693. The van der Waals surface area contributed by atoms with Crippen molar-refractivity contribution in [2.45, 2.75) is 65.5 Å². The average Bonchev–Trinajstić information content (AvgIpc) is 3.31. The zero-order valence-electron chi connectivity index (χ0n) is 16.0. The second kappa shape index (κ2) is 6.60. The molecule has 0 bridgehead atoms. The molecule has 1 saturated heterocycles. The maximum Gasteiger partial charge on any atom is 0.0641 e. The average molecular weight is 338 g/mol. The quantitative estimate of drug-likeness (QED) is 0.808. The number of benzene rings is 1. The molecule has 4 rings (SSSR count). The first-order chi connectivity index (χ1) is 12.1. The Bertz CT molecular complexity index is 725. The second-order valence-corrected chi connectivity index (χ2v) is 8.17. The molecule has 2 fully saturated rings. The molecule has 1 aliphatic heterocycles. The van der Waals surface area contributed by atoms with Gasteiger partial charge in [0, 0.05) is 43.4 Å². The molecule has 25 heavy (non-hydrogen) atoms. The highest BCUT2D eigenvalue weighted by Gasteiger charge is 2.48. The predicted octanol–water partition coefficient (Wildman–Crippen LogP) is 4.68. The summed E-state index contributed by atoms with van der Waals surface area (Å²) in [4.78, 5) is 2.71. The zero-order chi connectivity index (χ0) is 17.4. The Morgan fingerprint density at radius 2 is 1.84 bits per heavy atom. The molecule has 3 nitrogen and oxygen atoms in total. The number of aryl methyl sites for hydroxylation is 2. The fourth-order valence-corrected chi connectivity index (χ4v) is 5.42. The van der Waals surface area contributed by atoms with Crippen molar-refractivity contribution in [2.24, 2.45) is 5.41 Å². The Balaban J connectivity index is 1.60. The van der Waals surface area contributed by atoms with Gasteiger partial charge in [0.25, 0.3) is 0 Å². The first-order valence-corrected chi connectivity index (χ1v) is 9.93. The molecule has 0 N–H and O–H groups in total. The number of likely N-dealkylation sites (tertiary alicyclic amines) is 1. The summed E-state index contributed by atoms with van der Waals surface area (Å²) >= 11 is 0. The summed E-state index contributed by atoms with van der Waals surface area (Å²) in [5.41, 5.74) is 6.06. The summed E-state index contributed by atoms with van der Waals surface area (Å²) in [5, 5.41) is 4.73. The highest BCUT2D eigenvalue weighted by molar-refractivity contribution is 5.28. The molecule has 1 aromatic heterocycles. The number of rotatable bonds is 4. The highest BCUT2D eigenvalue weighted by Crippen LogP contribution is 2.53. The van der Waals surface area contributed by atoms with Gasteiger partial charge in [0.1, 0.15) is 0 Å². The van der Waals surface area contributed by atoms with E-state index in [-0.39, 0.29) is 0 Å². The van der Waals surface area contributed by atoms with E-state index in [1.165, 1.54) is 55.7 Å². The summed E-state index contributed by atoms with van der Waals surface area (Å²) in [6, 6.07) is 11.3. The van der Waals surface area contributed by atoms with Crippen LogP contribution in [-0.2, 0) is 13.1 Å². The number of hydrogen-bond donors (Lipinski definition) is 0. The van der Waals surface area contributed by atoms with Crippen LogP contribution in [0.25, 0.3) is 0 Å². The van der Waals surface area contributed by atoms with Crippen LogP contribution < -0.4 is 0 Å². The minimum atomic E-state index is 0.504. The normalized spacial score (nSPS) is 22.9. The van der Waals surface area contributed by atoms with Crippen molar-refractivity contribution in [1.82, 2.24) is 14.7 Å². The maximum atomic E-state index is 4.73. The van der Waals surface area contributed by atoms with Crippen LogP contribution in [0.5, 0.6) is 0 Å². The molecule has 2 heterocycles. The van der Waals surface area contributed by atoms with Gasteiger partial charge in [-0.05, 0) is 44.6 Å². The third-order valence-corrected chi connectivity index (χ3v) is 6.73. The third kappa shape index (κ3) is 2.93. The molecule has 1 aliphatic carbocycles. The summed E-state index contributed by atoms with van der Waals surface area (Å²) < 4.78 is 2.15. The predicted molar refractivity (Wildman–Crippen MR) is 103 cm³/mol. The van der Waals surface area contributed by atoms with E-state index in [0.717, 1.165) is 13.1 Å². The van der Waals surface area contributed by atoms with E-state index < -0.39 is 0 Å². The Morgan fingerprint density at radius 1 is 1.12 bits per heavy atom. The lowest BCUT2D eigenvalue weighted by Gasteiger charge is -2.30. The van der Waals surface area contributed by atoms with Gasteiger partial charge in [-0.3, -0.25) is 9.58 Å².